The zero-order valence-corrected chi connectivity index (χ0v) is 16.0. The third-order valence-corrected chi connectivity index (χ3v) is 4.15. The van der Waals surface area contributed by atoms with Crippen LogP contribution in [-0.4, -0.2) is 18.1 Å². The van der Waals surface area contributed by atoms with Crippen LogP contribution in [0.2, 0.25) is 5.02 Å². The first-order valence-electron chi connectivity index (χ1n) is 8.99. The van der Waals surface area contributed by atoms with Gasteiger partial charge in [0.1, 0.15) is 5.75 Å². The normalized spacial score (nSPS) is 10.7. The molecule has 0 aliphatic carbocycles. The molecule has 2 aromatic carbocycles. The van der Waals surface area contributed by atoms with E-state index in [9.17, 15) is 9.59 Å². The van der Waals surface area contributed by atoms with E-state index in [0.29, 0.717) is 28.3 Å². The van der Waals surface area contributed by atoms with Gasteiger partial charge >= 0.3 is 5.97 Å². The first kappa shape index (κ1) is 20.6. The summed E-state index contributed by atoms with van der Waals surface area (Å²) >= 11 is 6.01. The van der Waals surface area contributed by atoms with Crippen molar-refractivity contribution in [2.24, 2.45) is 5.10 Å². The third kappa shape index (κ3) is 7.23. The molecular weight excluding hydrogens is 364 g/mol. The van der Waals surface area contributed by atoms with Crippen LogP contribution in [0.15, 0.2) is 53.6 Å². The molecule has 0 radical (unpaired) electrons. The van der Waals surface area contributed by atoms with Gasteiger partial charge in [0, 0.05) is 6.42 Å². The van der Waals surface area contributed by atoms with Crippen molar-refractivity contribution in [2.75, 3.05) is 0 Å². The molecule has 0 fully saturated rings. The van der Waals surface area contributed by atoms with Crippen LogP contribution in [0, 0.1) is 0 Å². The van der Waals surface area contributed by atoms with Gasteiger partial charge < -0.3 is 4.74 Å². The Balaban J connectivity index is 1.88. The fraction of sp³-hybridized carbons (Fsp3) is 0.286. The number of hydrogen-bond donors (Lipinski definition) is 1. The van der Waals surface area contributed by atoms with Crippen LogP contribution in [0.25, 0.3) is 0 Å². The summed E-state index contributed by atoms with van der Waals surface area (Å²) in [5.41, 5.74) is 3.51. The summed E-state index contributed by atoms with van der Waals surface area (Å²) in [5, 5.41) is 4.28. The van der Waals surface area contributed by atoms with Gasteiger partial charge in [0.2, 0.25) is 5.91 Å². The summed E-state index contributed by atoms with van der Waals surface area (Å²) in [6.07, 6.45) is 6.16. The number of hydrazone groups is 1. The second-order valence-corrected chi connectivity index (χ2v) is 6.45. The first-order chi connectivity index (χ1) is 13.1. The number of hydrogen-bond acceptors (Lipinski definition) is 4. The summed E-state index contributed by atoms with van der Waals surface area (Å²) in [7, 11) is 0. The Hall–Kier alpha value is -2.66. The van der Waals surface area contributed by atoms with E-state index >= 15 is 0 Å². The van der Waals surface area contributed by atoms with Gasteiger partial charge in [-0.3, -0.25) is 4.79 Å². The Kier molecular flexibility index (Phi) is 8.52. The molecule has 5 nitrogen and oxygen atoms in total. The Bertz CT molecular complexity index is 806. The number of unbranched alkanes of at least 4 members (excludes halogenated alkanes) is 3. The maximum Gasteiger partial charge on any atom is 0.345 e. The van der Waals surface area contributed by atoms with Crippen LogP contribution in [-0.2, 0) is 4.79 Å². The van der Waals surface area contributed by atoms with Crippen molar-refractivity contribution >= 4 is 29.7 Å². The number of esters is 1. The molecule has 0 aliphatic rings. The van der Waals surface area contributed by atoms with Gasteiger partial charge in [0.05, 0.1) is 16.8 Å². The Labute approximate surface area is 164 Å². The molecule has 1 N–H and O–H groups in total. The molecule has 27 heavy (non-hydrogen) atoms. The van der Waals surface area contributed by atoms with Crippen LogP contribution in [0.4, 0.5) is 0 Å². The molecule has 0 saturated carbocycles. The molecule has 142 valence electrons. The molecule has 2 aromatic rings. The van der Waals surface area contributed by atoms with Gasteiger partial charge in [-0.15, -0.1) is 0 Å². The average molecular weight is 387 g/mol. The smallest absolute Gasteiger partial charge is 0.345 e. The van der Waals surface area contributed by atoms with E-state index in [1.165, 1.54) is 6.21 Å². The van der Waals surface area contributed by atoms with Crippen LogP contribution in [0.3, 0.4) is 0 Å². The van der Waals surface area contributed by atoms with Gasteiger partial charge in [0.15, 0.2) is 0 Å². The maximum atomic E-state index is 12.2. The predicted octanol–water partition coefficient (Wildman–Crippen LogP) is 4.98. The number of benzene rings is 2. The molecular formula is C21H23ClN2O3. The molecule has 0 spiro atoms. The summed E-state index contributed by atoms with van der Waals surface area (Å²) in [5.74, 6) is -0.270. The summed E-state index contributed by atoms with van der Waals surface area (Å²) in [4.78, 5) is 23.9. The Morgan fingerprint density at radius 2 is 1.93 bits per heavy atom. The predicted molar refractivity (Wildman–Crippen MR) is 107 cm³/mol. The first-order valence-corrected chi connectivity index (χ1v) is 9.36. The molecule has 0 heterocycles. The van der Waals surface area contributed by atoms with Crippen molar-refractivity contribution in [3.63, 3.8) is 0 Å². The summed E-state index contributed by atoms with van der Waals surface area (Å²) in [6.45, 7) is 2.13. The van der Waals surface area contributed by atoms with Crippen molar-refractivity contribution < 1.29 is 14.3 Å². The lowest BCUT2D eigenvalue weighted by Crippen LogP contribution is -2.16. The second kappa shape index (κ2) is 11.1. The zero-order chi connectivity index (χ0) is 19.5. The van der Waals surface area contributed by atoms with Crippen molar-refractivity contribution in [3.05, 3.63) is 64.7 Å². The fourth-order valence-corrected chi connectivity index (χ4v) is 2.61. The number of nitrogens with zero attached hydrogens (tertiary/aromatic N) is 1. The summed E-state index contributed by atoms with van der Waals surface area (Å²) in [6, 6.07) is 13.6. The number of ether oxygens (including phenoxy) is 1. The van der Waals surface area contributed by atoms with E-state index in [1.807, 2.05) is 0 Å². The van der Waals surface area contributed by atoms with E-state index in [4.69, 9.17) is 16.3 Å². The minimum absolute atomic E-state index is 0.108. The van der Waals surface area contributed by atoms with Crippen molar-refractivity contribution in [3.8, 4) is 5.75 Å². The van der Waals surface area contributed by atoms with Gasteiger partial charge in [-0.05, 0) is 36.2 Å². The van der Waals surface area contributed by atoms with Crippen molar-refractivity contribution in [1.29, 1.82) is 0 Å². The van der Waals surface area contributed by atoms with Crippen molar-refractivity contribution in [2.45, 2.75) is 39.0 Å². The van der Waals surface area contributed by atoms with Crippen LogP contribution in [0.5, 0.6) is 5.75 Å². The zero-order valence-electron chi connectivity index (χ0n) is 15.3. The quantitative estimate of drug-likeness (QED) is 0.217. The molecule has 2 rings (SSSR count). The van der Waals surface area contributed by atoms with Gasteiger partial charge in [0.25, 0.3) is 0 Å². The second-order valence-electron chi connectivity index (χ2n) is 6.05. The minimum atomic E-state index is -0.532. The Morgan fingerprint density at radius 3 is 2.70 bits per heavy atom. The van der Waals surface area contributed by atoms with Crippen LogP contribution in [0.1, 0.15) is 54.9 Å². The lowest BCUT2D eigenvalue weighted by Gasteiger charge is -2.06. The topological polar surface area (TPSA) is 67.8 Å². The highest BCUT2D eigenvalue weighted by Crippen LogP contribution is 2.19. The molecule has 0 unspecified atom stereocenters. The van der Waals surface area contributed by atoms with E-state index in [1.54, 1.807) is 48.5 Å². The van der Waals surface area contributed by atoms with Crippen LogP contribution < -0.4 is 10.2 Å². The number of carbonyl (C=O) groups excluding carboxylic acids is 2. The number of rotatable bonds is 9. The highest BCUT2D eigenvalue weighted by Gasteiger charge is 2.12. The minimum Gasteiger partial charge on any atom is -0.423 e. The SMILES string of the molecule is CCCCCCC(=O)NN=Cc1cccc(OC(=O)c2ccccc2Cl)c1. The highest BCUT2D eigenvalue weighted by molar-refractivity contribution is 6.33. The van der Waals surface area contributed by atoms with Gasteiger partial charge in [-0.25, -0.2) is 10.2 Å². The molecule has 0 bridgehead atoms. The lowest BCUT2D eigenvalue weighted by molar-refractivity contribution is -0.121. The molecule has 6 heteroatoms. The lowest BCUT2D eigenvalue weighted by atomic mass is 10.1. The van der Waals surface area contributed by atoms with E-state index in [-0.39, 0.29) is 5.91 Å². The fourth-order valence-electron chi connectivity index (χ4n) is 2.39. The number of nitrogens with one attached hydrogen (secondary N) is 1. The van der Waals surface area contributed by atoms with E-state index in [0.717, 1.165) is 25.7 Å². The van der Waals surface area contributed by atoms with Crippen molar-refractivity contribution in [1.82, 2.24) is 5.43 Å². The van der Waals surface area contributed by atoms with Crippen LogP contribution >= 0.6 is 11.6 Å². The molecule has 0 aromatic heterocycles. The molecule has 0 aliphatic heterocycles. The monoisotopic (exact) mass is 386 g/mol. The average Bonchev–Trinajstić information content (AvgIpc) is 2.66. The molecule has 1 amide bonds. The standard InChI is InChI=1S/C21H23ClN2O3/c1-2-3-4-5-13-20(25)24-23-15-16-9-8-10-17(14-16)27-21(26)18-11-6-7-12-19(18)22/h6-12,14-15H,2-5,13H2,1H3,(H,24,25). The van der Waals surface area contributed by atoms with E-state index in [2.05, 4.69) is 17.5 Å². The largest absolute Gasteiger partial charge is 0.423 e. The Morgan fingerprint density at radius 1 is 1.11 bits per heavy atom. The molecule has 0 atom stereocenters. The van der Waals surface area contributed by atoms with Gasteiger partial charge in [-0.2, -0.15) is 5.10 Å². The third-order valence-electron chi connectivity index (χ3n) is 3.82. The van der Waals surface area contributed by atoms with Gasteiger partial charge in [-0.1, -0.05) is 62.1 Å². The number of halogens is 1. The summed E-state index contributed by atoms with van der Waals surface area (Å²) < 4.78 is 5.35. The molecule has 0 saturated heterocycles. The highest BCUT2D eigenvalue weighted by atomic mass is 35.5. The number of carbonyl (C=O) groups is 2. The maximum absolute atomic E-state index is 12.2. The van der Waals surface area contributed by atoms with E-state index < -0.39 is 5.97 Å². The number of amides is 1.